The summed E-state index contributed by atoms with van der Waals surface area (Å²) in [6, 6.07) is 16.9. The number of ether oxygens (including phenoxy) is 2. The van der Waals surface area contributed by atoms with Gasteiger partial charge in [-0.05, 0) is 71.3 Å². The molecule has 2 fully saturated rings. The maximum atomic E-state index is 6.40. The van der Waals surface area contributed by atoms with Gasteiger partial charge in [-0.1, -0.05) is 12.1 Å². The van der Waals surface area contributed by atoms with Gasteiger partial charge in [0, 0.05) is 91.4 Å². The number of aryl methyl sites for hydroxylation is 1. The van der Waals surface area contributed by atoms with E-state index in [0.29, 0.717) is 12.0 Å². The van der Waals surface area contributed by atoms with E-state index in [1.807, 2.05) is 30.9 Å². The van der Waals surface area contributed by atoms with Crippen molar-refractivity contribution in [1.29, 1.82) is 0 Å². The summed E-state index contributed by atoms with van der Waals surface area (Å²) in [7, 11) is 2.10. The number of hydrogen-bond donors (Lipinski definition) is 0. The van der Waals surface area contributed by atoms with Gasteiger partial charge in [-0.2, -0.15) is 0 Å². The van der Waals surface area contributed by atoms with Crippen molar-refractivity contribution in [3.05, 3.63) is 77.0 Å². The van der Waals surface area contributed by atoms with Crippen molar-refractivity contribution in [2.75, 3.05) is 18.0 Å². The molecular formula is C31H30IN5O2. The lowest BCUT2D eigenvalue weighted by Crippen LogP contribution is -2.44. The number of piperidine rings is 1. The molecule has 5 heterocycles. The Morgan fingerprint density at radius 2 is 1.64 bits per heavy atom. The molecule has 7 nitrogen and oxygen atoms in total. The predicted octanol–water partition coefficient (Wildman–Crippen LogP) is 6.38. The Balaban J connectivity index is 0.918. The molecule has 1 aliphatic heterocycles. The first-order valence-electron chi connectivity index (χ1n) is 13.6. The molecular weight excluding hydrogens is 601 g/mol. The highest BCUT2D eigenvalue weighted by atomic mass is 127. The minimum absolute atomic E-state index is 0.174. The molecule has 5 aromatic rings. The Kier molecular flexibility index (Phi) is 6.60. The van der Waals surface area contributed by atoms with E-state index < -0.39 is 0 Å². The summed E-state index contributed by atoms with van der Waals surface area (Å²) in [5.74, 6) is 0.680. The summed E-state index contributed by atoms with van der Waals surface area (Å²) in [4.78, 5) is 15.7. The van der Waals surface area contributed by atoms with Crippen LogP contribution in [0.25, 0.3) is 32.9 Å². The molecule has 0 atom stereocenters. The number of aromatic nitrogens is 4. The van der Waals surface area contributed by atoms with Gasteiger partial charge < -0.3 is 18.9 Å². The standard InChI is InChI=1S/C31H30IN5O2/c1-36-28-7-10-33-19-27(28)26-4-2-20(14-29(26)36)21-3-5-31(35-18-21)39-25-16-24(17-25)38-23-8-12-37(13-9-23)22-6-11-34-30(32)15-22/h2-7,10-11,14-15,18-19,23-25H,8-9,12-13,16-17H2,1H3. The van der Waals surface area contributed by atoms with Crippen molar-refractivity contribution in [1.82, 2.24) is 19.5 Å². The first-order valence-corrected chi connectivity index (χ1v) is 14.7. The maximum Gasteiger partial charge on any atom is 0.213 e. The molecule has 8 heteroatoms. The van der Waals surface area contributed by atoms with Crippen LogP contribution in [0.1, 0.15) is 25.7 Å². The van der Waals surface area contributed by atoms with E-state index in [9.17, 15) is 0 Å². The fourth-order valence-electron chi connectivity index (χ4n) is 5.86. The van der Waals surface area contributed by atoms with Crippen molar-refractivity contribution in [3.8, 4) is 17.0 Å². The number of benzene rings is 1. The Bertz CT molecular complexity index is 1620. The summed E-state index contributed by atoms with van der Waals surface area (Å²) in [5.41, 5.74) is 5.86. The summed E-state index contributed by atoms with van der Waals surface area (Å²) in [6.07, 6.45) is 12.4. The van der Waals surface area contributed by atoms with Crippen LogP contribution in [-0.4, -0.2) is 50.9 Å². The average molecular weight is 632 g/mol. The van der Waals surface area contributed by atoms with Crippen molar-refractivity contribution >= 4 is 50.1 Å². The second kappa shape index (κ2) is 10.4. The highest BCUT2D eigenvalue weighted by molar-refractivity contribution is 14.1. The molecule has 39 heavy (non-hydrogen) atoms. The van der Waals surface area contributed by atoms with Crippen LogP contribution in [0.4, 0.5) is 5.69 Å². The largest absolute Gasteiger partial charge is 0.474 e. The number of rotatable bonds is 6. The summed E-state index contributed by atoms with van der Waals surface area (Å²) >= 11 is 2.27. The normalized spacial score (nSPS) is 19.9. The van der Waals surface area contributed by atoms with E-state index >= 15 is 0 Å². The number of nitrogens with zero attached hydrogens (tertiary/aromatic N) is 5. The van der Waals surface area contributed by atoms with Crippen LogP contribution in [0.15, 0.2) is 73.3 Å². The van der Waals surface area contributed by atoms with Crippen molar-refractivity contribution in [2.24, 2.45) is 7.05 Å². The van der Waals surface area contributed by atoms with Crippen LogP contribution >= 0.6 is 22.6 Å². The molecule has 0 amide bonds. The van der Waals surface area contributed by atoms with Gasteiger partial charge in [-0.25, -0.2) is 4.98 Å². The molecule has 0 N–H and O–H groups in total. The second-order valence-corrected chi connectivity index (χ2v) is 11.7. The highest BCUT2D eigenvalue weighted by Crippen LogP contribution is 2.33. The molecule has 1 aliphatic carbocycles. The van der Waals surface area contributed by atoms with Gasteiger partial charge in [0.1, 0.15) is 9.80 Å². The van der Waals surface area contributed by atoms with Gasteiger partial charge >= 0.3 is 0 Å². The van der Waals surface area contributed by atoms with Crippen LogP contribution in [0.5, 0.6) is 5.88 Å². The molecule has 2 aliphatic rings. The third-order valence-corrected chi connectivity index (χ3v) is 8.71. The van der Waals surface area contributed by atoms with E-state index in [-0.39, 0.29) is 12.2 Å². The molecule has 0 unspecified atom stereocenters. The second-order valence-electron chi connectivity index (χ2n) is 10.6. The van der Waals surface area contributed by atoms with E-state index in [1.165, 1.54) is 27.5 Å². The lowest BCUT2D eigenvalue weighted by Gasteiger charge is -2.40. The van der Waals surface area contributed by atoms with Crippen LogP contribution in [0, 0.1) is 3.70 Å². The number of fused-ring (bicyclic) bond motifs is 3. The van der Waals surface area contributed by atoms with Crippen molar-refractivity contribution in [3.63, 3.8) is 0 Å². The first kappa shape index (κ1) is 24.8. The SMILES string of the molecule is Cn1c2ccncc2c2ccc(-c3ccc(OC4CC(OC5CCN(c6ccnc(I)c6)CC5)C4)nc3)cc21. The first-order chi connectivity index (χ1) is 19.1. The molecule has 1 aromatic carbocycles. The van der Waals surface area contributed by atoms with E-state index in [4.69, 9.17) is 9.47 Å². The molecule has 198 valence electrons. The molecule has 1 saturated carbocycles. The molecule has 0 bridgehead atoms. The Morgan fingerprint density at radius 3 is 2.44 bits per heavy atom. The Morgan fingerprint density at radius 1 is 0.795 bits per heavy atom. The molecule has 0 radical (unpaired) electrons. The lowest BCUT2D eigenvalue weighted by molar-refractivity contribution is -0.102. The van der Waals surface area contributed by atoms with Crippen molar-refractivity contribution in [2.45, 2.75) is 44.0 Å². The molecule has 0 spiro atoms. The summed E-state index contributed by atoms with van der Waals surface area (Å²) in [5, 5.41) is 2.39. The zero-order valence-corrected chi connectivity index (χ0v) is 24.0. The number of anilines is 1. The fourth-order valence-corrected chi connectivity index (χ4v) is 6.34. The molecule has 4 aromatic heterocycles. The maximum absolute atomic E-state index is 6.40. The smallest absolute Gasteiger partial charge is 0.213 e. The van der Waals surface area contributed by atoms with Crippen LogP contribution in [-0.2, 0) is 11.8 Å². The van der Waals surface area contributed by atoms with Crippen molar-refractivity contribution < 1.29 is 9.47 Å². The van der Waals surface area contributed by atoms with Gasteiger partial charge in [-0.15, -0.1) is 0 Å². The fraction of sp³-hybridized carbons (Fsp3) is 0.323. The minimum Gasteiger partial charge on any atom is -0.474 e. The summed E-state index contributed by atoms with van der Waals surface area (Å²) < 4.78 is 15.8. The van der Waals surface area contributed by atoms with Gasteiger partial charge in [0.15, 0.2) is 0 Å². The van der Waals surface area contributed by atoms with E-state index in [0.717, 1.165) is 53.6 Å². The Labute approximate surface area is 241 Å². The molecule has 7 rings (SSSR count). The van der Waals surface area contributed by atoms with Crippen LogP contribution in [0.2, 0.25) is 0 Å². The number of halogens is 1. The third-order valence-electron chi connectivity index (χ3n) is 8.12. The quantitative estimate of drug-likeness (QED) is 0.160. The van der Waals surface area contributed by atoms with Crippen LogP contribution < -0.4 is 9.64 Å². The highest BCUT2D eigenvalue weighted by Gasteiger charge is 2.34. The summed E-state index contributed by atoms with van der Waals surface area (Å²) in [6.45, 7) is 2.05. The van der Waals surface area contributed by atoms with Gasteiger partial charge in [-0.3, -0.25) is 9.97 Å². The number of hydrogen-bond acceptors (Lipinski definition) is 6. The zero-order chi connectivity index (χ0) is 26.3. The predicted molar refractivity (Wildman–Crippen MR) is 162 cm³/mol. The van der Waals surface area contributed by atoms with Gasteiger partial charge in [0.25, 0.3) is 0 Å². The molecule has 1 saturated heterocycles. The van der Waals surface area contributed by atoms with Gasteiger partial charge in [0.05, 0.1) is 17.7 Å². The van der Waals surface area contributed by atoms with E-state index in [2.05, 4.69) is 96.5 Å². The van der Waals surface area contributed by atoms with Gasteiger partial charge in [0.2, 0.25) is 5.88 Å². The monoisotopic (exact) mass is 631 g/mol. The minimum atomic E-state index is 0.174. The van der Waals surface area contributed by atoms with E-state index in [1.54, 1.807) is 0 Å². The van der Waals surface area contributed by atoms with Crippen LogP contribution in [0.3, 0.4) is 0 Å². The third kappa shape index (κ3) is 4.96. The Hall–Kier alpha value is -3.24. The zero-order valence-electron chi connectivity index (χ0n) is 21.8. The lowest BCUT2D eigenvalue weighted by atomic mass is 9.91. The number of pyridine rings is 3. The average Bonchev–Trinajstić information content (AvgIpc) is 3.24. The topological polar surface area (TPSA) is 65.3 Å².